The largest absolute Gasteiger partial charge is 0.496 e. The van der Waals surface area contributed by atoms with Crippen LogP contribution in [-0.4, -0.2) is 13.2 Å². The molecule has 2 nitrogen and oxygen atoms in total. The van der Waals surface area contributed by atoms with Crippen molar-refractivity contribution in [2.75, 3.05) is 7.11 Å². The molecule has 1 aliphatic carbocycles. The predicted molar refractivity (Wildman–Crippen MR) is 65.1 cm³/mol. The molecule has 0 radical (unpaired) electrons. The average Bonchev–Trinajstić information content (AvgIpc) is 3.01. The average molecular weight is 270 g/mol. The number of ether oxygens (including phenoxy) is 1. The van der Waals surface area contributed by atoms with E-state index in [1.54, 1.807) is 7.11 Å². The molecule has 2 rings (SSSR count). The topological polar surface area (TPSA) is 35.2 Å². The molecule has 82 valence electrons. The molecule has 1 saturated carbocycles. The third-order valence-electron chi connectivity index (χ3n) is 2.93. The van der Waals surface area contributed by atoms with E-state index in [1.165, 1.54) is 18.4 Å². The van der Waals surface area contributed by atoms with Gasteiger partial charge in [0, 0.05) is 10.5 Å². The van der Waals surface area contributed by atoms with Gasteiger partial charge in [0.25, 0.3) is 0 Å². The highest BCUT2D eigenvalue weighted by Gasteiger charge is 2.28. The fourth-order valence-electron chi connectivity index (χ4n) is 1.85. The molecule has 1 aromatic carbocycles. The summed E-state index contributed by atoms with van der Waals surface area (Å²) in [7, 11) is 1.70. The van der Waals surface area contributed by atoms with Crippen LogP contribution in [0.2, 0.25) is 0 Å². The molecule has 1 fully saturated rings. The summed E-state index contributed by atoms with van der Waals surface area (Å²) in [5, 5.41) is 0. The zero-order chi connectivity index (χ0) is 10.8. The summed E-state index contributed by atoms with van der Waals surface area (Å²) < 4.78 is 6.41. The molecule has 1 aliphatic rings. The molecule has 0 aromatic heterocycles. The Balaban J connectivity index is 2.13. The molecular weight excluding hydrogens is 254 g/mol. The SMILES string of the molecule is COc1ccc(Br)cc1CC(N)C1CC1. The smallest absolute Gasteiger partial charge is 0.122 e. The normalized spacial score (nSPS) is 17.5. The van der Waals surface area contributed by atoms with Gasteiger partial charge in [-0.25, -0.2) is 0 Å². The summed E-state index contributed by atoms with van der Waals surface area (Å²) in [6.07, 6.45) is 3.49. The Morgan fingerprint density at radius 2 is 2.27 bits per heavy atom. The minimum absolute atomic E-state index is 0.285. The Bertz CT molecular complexity index is 349. The van der Waals surface area contributed by atoms with E-state index < -0.39 is 0 Å². The van der Waals surface area contributed by atoms with Crippen molar-refractivity contribution < 1.29 is 4.74 Å². The van der Waals surface area contributed by atoms with Gasteiger partial charge in [0.1, 0.15) is 5.75 Å². The Morgan fingerprint density at radius 3 is 2.87 bits per heavy atom. The number of nitrogens with two attached hydrogens (primary N) is 1. The molecule has 0 aliphatic heterocycles. The van der Waals surface area contributed by atoms with Gasteiger partial charge >= 0.3 is 0 Å². The number of benzene rings is 1. The third-order valence-corrected chi connectivity index (χ3v) is 3.42. The standard InChI is InChI=1S/C12H16BrNO/c1-15-12-5-4-10(13)6-9(12)7-11(14)8-2-3-8/h4-6,8,11H,2-3,7,14H2,1H3. The van der Waals surface area contributed by atoms with E-state index >= 15 is 0 Å². The van der Waals surface area contributed by atoms with E-state index in [-0.39, 0.29) is 6.04 Å². The first kappa shape index (κ1) is 11.0. The minimum atomic E-state index is 0.285. The third kappa shape index (κ3) is 2.73. The van der Waals surface area contributed by atoms with Crippen LogP contribution < -0.4 is 10.5 Å². The maximum Gasteiger partial charge on any atom is 0.122 e. The monoisotopic (exact) mass is 269 g/mol. The first-order valence-corrected chi connectivity index (χ1v) is 6.08. The van der Waals surface area contributed by atoms with Gasteiger partial charge in [-0.2, -0.15) is 0 Å². The van der Waals surface area contributed by atoms with E-state index in [2.05, 4.69) is 22.0 Å². The van der Waals surface area contributed by atoms with Crippen LogP contribution in [-0.2, 0) is 6.42 Å². The highest BCUT2D eigenvalue weighted by atomic mass is 79.9. The molecule has 0 spiro atoms. The lowest BCUT2D eigenvalue weighted by Crippen LogP contribution is -2.25. The molecule has 1 atom stereocenters. The molecule has 0 saturated heterocycles. The summed E-state index contributed by atoms with van der Waals surface area (Å²) in [5.41, 5.74) is 7.31. The number of hydrogen-bond donors (Lipinski definition) is 1. The Hall–Kier alpha value is -0.540. The van der Waals surface area contributed by atoms with Crippen molar-refractivity contribution in [2.45, 2.75) is 25.3 Å². The molecule has 0 bridgehead atoms. The molecule has 1 unspecified atom stereocenters. The van der Waals surface area contributed by atoms with E-state index in [0.29, 0.717) is 0 Å². The molecule has 2 N–H and O–H groups in total. The highest BCUT2D eigenvalue weighted by molar-refractivity contribution is 9.10. The first-order chi connectivity index (χ1) is 7.20. The molecule has 3 heteroatoms. The summed E-state index contributed by atoms with van der Waals surface area (Å²) in [6, 6.07) is 6.36. The number of hydrogen-bond acceptors (Lipinski definition) is 2. The van der Waals surface area contributed by atoms with Crippen LogP contribution in [0.4, 0.5) is 0 Å². The molecule has 0 amide bonds. The highest BCUT2D eigenvalue weighted by Crippen LogP contribution is 2.34. The Kier molecular flexibility index (Phi) is 3.32. The van der Waals surface area contributed by atoms with Crippen LogP contribution in [0, 0.1) is 5.92 Å². The number of rotatable bonds is 4. The minimum Gasteiger partial charge on any atom is -0.496 e. The van der Waals surface area contributed by atoms with Crippen molar-refractivity contribution in [3.05, 3.63) is 28.2 Å². The van der Waals surface area contributed by atoms with Crippen LogP contribution in [0.1, 0.15) is 18.4 Å². The van der Waals surface area contributed by atoms with Crippen molar-refractivity contribution in [1.82, 2.24) is 0 Å². The second-order valence-electron chi connectivity index (χ2n) is 4.16. The number of halogens is 1. The Morgan fingerprint density at radius 1 is 1.53 bits per heavy atom. The summed E-state index contributed by atoms with van der Waals surface area (Å²) >= 11 is 3.47. The maximum atomic E-state index is 6.11. The lowest BCUT2D eigenvalue weighted by atomic mass is 10.0. The van der Waals surface area contributed by atoms with Gasteiger partial charge in [-0.3, -0.25) is 0 Å². The summed E-state index contributed by atoms with van der Waals surface area (Å²) in [4.78, 5) is 0. The van der Waals surface area contributed by atoms with E-state index in [9.17, 15) is 0 Å². The van der Waals surface area contributed by atoms with Crippen molar-refractivity contribution in [2.24, 2.45) is 11.7 Å². The van der Waals surface area contributed by atoms with Gasteiger partial charge in [0.15, 0.2) is 0 Å². The fourth-order valence-corrected chi connectivity index (χ4v) is 2.26. The second kappa shape index (κ2) is 4.54. The maximum absolute atomic E-state index is 6.11. The molecule has 15 heavy (non-hydrogen) atoms. The zero-order valence-corrected chi connectivity index (χ0v) is 10.5. The second-order valence-corrected chi connectivity index (χ2v) is 5.08. The summed E-state index contributed by atoms with van der Waals surface area (Å²) in [5.74, 6) is 1.67. The fraction of sp³-hybridized carbons (Fsp3) is 0.500. The molecule has 1 aromatic rings. The van der Waals surface area contributed by atoms with Gasteiger partial charge in [-0.05, 0) is 48.9 Å². The van der Waals surface area contributed by atoms with Crippen LogP contribution in [0.15, 0.2) is 22.7 Å². The first-order valence-electron chi connectivity index (χ1n) is 5.28. The predicted octanol–water partition coefficient (Wildman–Crippen LogP) is 2.74. The number of methoxy groups -OCH3 is 1. The van der Waals surface area contributed by atoms with Crippen LogP contribution in [0.5, 0.6) is 5.75 Å². The van der Waals surface area contributed by atoms with Gasteiger partial charge in [-0.15, -0.1) is 0 Å². The van der Waals surface area contributed by atoms with Crippen molar-refractivity contribution in [3.63, 3.8) is 0 Å². The van der Waals surface area contributed by atoms with Gasteiger partial charge in [-0.1, -0.05) is 15.9 Å². The molecule has 0 heterocycles. The van der Waals surface area contributed by atoms with Gasteiger partial charge in [0.05, 0.1) is 7.11 Å². The lowest BCUT2D eigenvalue weighted by Gasteiger charge is -2.13. The van der Waals surface area contributed by atoms with Gasteiger partial charge < -0.3 is 10.5 Å². The van der Waals surface area contributed by atoms with Crippen LogP contribution in [0.3, 0.4) is 0 Å². The quantitative estimate of drug-likeness (QED) is 0.913. The van der Waals surface area contributed by atoms with Crippen LogP contribution in [0.25, 0.3) is 0 Å². The van der Waals surface area contributed by atoms with Crippen molar-refractivity contribution >= 4 is 15.9 Å². The van der Waals surface area contributed by atoms with E-state index in [0.717, 1.165) is 22.6 Å². The van der Waals surface area contributed by atoms with Gasteiger partial charge in [0.2, 0.25) is 0 Å². The molecular formula is C12H16BrNO. The lowest BCUT2D eigenvalue weighted by molar-refractivity contribution is 0.406. The summed E-state index contributed by atoms with van der Waals surface area (Å²) in [6.45, 7) is 0. The Labute approximate surface area is 98.9 Å². The van der Waals surface area contributed by atoms with E-state index in [1.807, 2.05) is 12.1 Å². The van der Waals surface area contributed by atoms with E-state index in [4.69, 9.17) is 10.5 Å². The van der Waals surface area contributed by atoms with Crippen LogP contribution >= 0.6 is 15.9 Å². The van der Waals surface area contributed by atoms with Crippen molar-refractivity contribution in [3.8, 4) is 5.75 Å². The zero-order valence-electron chi connectivity index (χ0n) is 8.87. The van der Waals surface area contributed by atoms with Crippen molar-refractivity contribution in [1.29, 1.82) is 0 Å².